The van der Waals surface area contributed by atoms with Gasteiger partial charge in [-0.05, 0) is 74.3 Å². The number of nitrogens with one attached hydrogen (secondary N) is 2. The Morgan fingerprint density at radius 3 is 2.42 bits per heavy atom. The molecule has 0 saturated heterocycles. The van der Waals surface area contributed by atoms with E-state index in [1.165, 1.54) is 18.6 Å². The second-order valence-corrected chi connectivity index (χ2v) is 10.6. The lowest BCUT2D eigenvalue weighted by Gasteiger charge is -2.17. The summed E-state index contributed by atoms with van der Waals surface area (Å²) >= 11 is 0. The van der Waals surface area contributed by atoms with Gasteiger partial charge in [0.25, 0.3) is 0 Å². The molecule has 0 fully saturated rings. The van der Waals surface area contributed by atoms with Crippen LogP contribution < -0.4 is 5.32 Å². The third kappa shape index (κ3) is 8.02. The lowest BCUT2D eigenvalue weighted by Crippen LogP contribution is -2.06. The first-order chi connectivity index (χ1) is 18.1. The van der Waals surface area contributed by atoms with Crippen molar-refractivity contribution in [1.29, 1.82) is 0 Å². The molecule has 3 rings (SSSR count). The number of aromatic nitrogens is 2. The first-order valence-corrected chi connectivity index (χ1v) is 14.1. The minimum atomic E-state index is -1.15. The van der Waals surface area contributed by atoms with Crippen LogP contribution in [0.1, 0.15) is 90.6 Å². The molecule has 3 aromatic rings. The van der Waals surface area contributed by atoms with E-state index in [2.05, 4.69) is 49.6 Å². The summed E-state index contributed by atoms with van der Waals surface area (Å²) in [4.78, 5) is 8.11. The van der Waals surface area contributed by atoms with Crippen molar-refractivity contribution in [2.45, 2.75) is 93.7 Å². The third-order valence-electron chi connectivity index (χ3n) is 6.76. The SMILES string of the molecule is C=C(C)c1c(CC(C)C)[nH]c(-c2ccncc2CCC(C)CC)c1Nc1cccc(F)c1CC(C)F.CC. The summed E-state index contributed by atoms with van der Waals surface area (Å²) in [7, 11) is 0. The van der Waals surface area contributed by atoms with Gasteiger partial charge in [0.05, 0.1) is 11.4 Å². The highest BCUT2D eigenvalue weighted by molar-refractivity contribution is 5.91. The van der Waals surface area contributed by atoms with Gasteiger partial charge in [-0.1, -0.05) is 60.6 Å². The molecule has 0 spiro atoms. The number of rotatable bonds is 12. The molecule has 0 aliphatic rings. The average Bonchev–Trinajstić information content (AvgIpc) is 3.22. The molecule has 2 N–H and O–H groups in total. The number of allylic oxidation sites excluding steroid dienone is 1. The van der Waals surface area contributed by atoms with Gasteiger partial charge in [-0.2, -0.15) is 0 Å². The van der Waals surface area contributed by atoms with E-state index in [1.807, 2.05) is 45.3 Å². The van der Waals surface area contributed by atoms with Gasteiger partial charge in [-0.3, -0.25) is 4.98 Å². The Morgan fingerprint density at radius 1 is 1.11 bits per heavy atom. The van der Waals surface area contributed by atoms with E-state index in [-0.39, 0.29) is 6.42 Å². The highest BCUT2D eigenvalue weighted by Gasteiger charge is 2.23. The summed E-state index contributed by atoms with van der Waals surface area (Å²) in [6, 6.07) is 6.91. The summed E-state index contributed by atoms with van der Waals surface area (Å²) < 4.78 is 28.8. The Balaban J connectivity index is 0.00000247. The normalized spacial score (nSPS) is 12.6. The summed E-state index contributed by atoms with van der Waals surface area (Å²) in [5.41, 5.74) is 7.98. The molecule has 0 aliphatic heterocycles. The molecule has 5 heteroatoms. The first-order valence-electron chi connectivity index (χ1n) is 14.1. The van der Waals surface area contributed by atoms with E-state index in [4.69, 9.17) is 0 Å². The predicted molar refractivity (Wildman–Crippen MR) is 160 cm³/mol. The van der Waals surface area contributed by atoms with Gasteiger partial charge in [0.1, 0.15) is 12.0 Å². The fraction of sp³-hybridized carbons (Fsp3) is 0.485. The van der Waals surface area contributed by atoms with Crippen molar-refractivity contribution in [2.75, 3.05) is 5.32 Å². The van der Waals surface area contributed by atoms with E-state index >= 15 is 0 Å². The summed E-state index contributed by atoms with van der Waals surface area (Å²) in [5.74, 6) is 0.653. The van der Waals surface area contributed by atoms with Crippen molar-refractivity contribution in [3.63, 3.8) is 0 Å². The minimum absolute atomic E-state index is 0.00539. The number of benzene rings is 1. The van der Waals surface area contributed by atoms with E-state index in [1.54, 1.807) is 6.07 Å². The van der Waals surface area contributed by atoms with Gasteiger partial charge in [0.15, 0.2) is 0 Å². The second-order valence-electron chi connectivity index (χ2n) is 10.6. The Morgan fingerprint density at radius 2 is 1.82 bits per heavy atom. The number of hydrogen-bond acceptors (Lipinski definition) is 2. The third-order valence-corrected chi connectivity index (χ3v) is 6.76. The number of pyridine rings is 1. The molecule has 38 heavy (non-hydrogen) atoms. The zero-order valence-electron chi connectivity index (χ0n) is 24.6. The standard InChI is InChI=1S/C31H41F2N3.C2H6/c1-8-21(6)12-13-23-18-34-15-14-24(23)30-31(29(20(4)5)28(36-30)16-19(2)3)35-27-11-9-10-26(33)25(27)17-22(7)32;1-2/h9-11,14-15,18-19,21-22,35-36H,4,8,12-13,16-17H2,1-3,5-7H3;1-2H3. The van der Waals surface area contributed by atoms with Gasteiger partial charge in [-0.15, -0.1) is 0 Å². The molecule has 0 amide bonds. The van der Waals surface area contributed by atoms with Crippen molar-refractivity contribution in [3.05, 3.63) is 71.4 Å². The van der Waals surface area contributed by atoms with Crippen LogP contribution in [-0.2, 0) is 19.3 Å². The van der Waals surface area contributed by atoms with E-state index in [9.17, 15) is 8.78 Å². The van der Waals surface area contributed by atoms with E-state index in [0.717, 1.165) is 59.5 Å². The van der Waals surface area contributed by atoms with Crippen LogP contribution in [0.4, 0.5) is 20.2 Å². The lowest BCUT2D eigenvalue weighted by molar-refractivity contribution is 0.356. The average molecular weight is 524 g/mol. The van der Waals surface area contributed by atoms with Gasteiger partial charge in [0.2, 0.25) is 0 Å². The number of aromatic amines is 1. The second kappa shape index (κ2) is 14.8. The molecule has 0 bridgehead atoms. The number of anilines is 2. The zero-order valence-corrected chi connectivity index (χ0v) is 24.6. The topological polar surface area (TPSA) is 40.7 Å². The molecule has 0 saturated carbocycles. The number of H-pyrrole nitrogens is 1. The van der Waals surface area contributed by atoms with E-state index in [0.29, 0.717) is 23.1 Å². The summed E-state index contributed by atoms with van der Waals surface area (Å²) in [6.45, 7) is 20.6. The van der Waals surface area contributed by atoms with Crippen molar-refractivity contribution >= 4 is 16.9 Å². The zero-order chi connectivity index (χ0) is 28.4. The maximum Gasteiger partial charge on any atom is 0.128 e. The maximum atomic E-state index is 14.8. The van der Waals surface area contributed by atoms with Crippen molar-refractivity contribution in [3.8, 4) is 11.3 Å². The van der Waals surface area contributed by atoms with E-state index < -0.39 is 12.0 Å². The summed E-state index contributed by atoms with van der Waals surface area (Å²) in [6.07, 6.45) is 6.59. The van der Waals surface area contributed by atoms with Crippen LogP contribution in [0, 0.1) is 17.7 Å². The Labute approximate surface area is 229 Å². The lowest BCUT2D eigenvalue weighted by atomic mass is 9.95. The van der Waals surface area contributed by atoms with Crippen LogP contribution in [-0.4, -0.2) is 16.1 Å². The van der Waals surface area contributed by atoms with Crippen LogP contribution in [0.5, 0.6) is 0 Å². The van der Waals surface area contributed by atoms with Crippen molar-refractivity contribution in [2.24, 2.45) is 11.8 Å². The molecule has 2 unspecified atom stereocenters. The molecular weight excluding hydrogens is 476 g/mol. The van der Waals surface area contributed by atoms with Crippen LogP contribution in [0.25, 0.3) is 16.8 Å². The molecule has 208 valence electrons. The van der Waals surface area contributed by atoms with Crippen LogP contribution in [0.2, 0.25) is 0 Å². The Kier molecular flexibility index (Phi) is 12.2. The molecule has 1 aromatic carbocycles. The highest BCUT2D eigenvalue weighted by Crippen LogP contribution is 2.41. The fourth-order valence-electron chi connectivity index (χ4n) is 4.69. The number of hydrogen-bond donors (Lipinski definition) is 2. The van der Waals surface area contributed by atoms with Gasteiger partial charge < -0.3 is 10.3 Å². The van der Waals surface area contributed by atoms with Crippen molar-refractivity contribution < 1.29 is 8.78 Å². The van der Waals surface area contributed by atoms with Crippen LogP contribution >= 0.6 is 0 Å². The molecular formula is C33H47F2N3. The van der Waals surface area contributed by atoms with Gasteiger partial charge in [0, 0.05) is 46.9 Å². The molecule has 0 radical (unpaired) electrons. The van der Waals surface area contributed by atoms with Gasteiger partial charge in [-0.25, -0.2) is 8.78 Å². The first kappa shape index (κ1) is 31.3. The van der Waals surface area contributed by atoms with Crippen LogP contribution in [0.3, 0.4) is 0 Å². The Hall–Kier alpha value is -2.95. The highest BCUT2D eigenvalue weighted by atomic mass is 19.1. The number of aryl methyl sites for hydroxylation is 1. The molecule has 2 atom stereocenters. The quantitative estimate of drug-likeness (QED) is 0.248. The number of nitrogens with zero attached hydrogens (tertiary/aromatic N) is 1. The predicted octanol–water partition coefficient (Wildman–Crippen LogP) is 10.1. The smallest absolute Gasteiger partial charge is 0.128 e. The van der Waals surface area contributed by atoms with Crippen molar-refractivity contribution in [1.82, 2.24) is 9.97 Å². The Bertz CT molecular complexity index is 1180. The summed E-state index contributed by atoms with van der Waals surface area (Å²) in [5, 5.41) is 3.51. The van der Waals surface area contributed by atoms with Gasteiger partial charge >= 0.3 is 0 Å². The fourth-order valence-corrected chi connectivity index (χ4v) is 4.69. The minimum Gasteiger partial charge on any atom is -0.356 e. The molecule has 0 aliphatic carbocycles. The monoisotopic (exact) mass is 523 g/mol. The largest absolute Gasteiger partial charge is 0.356 e. The molecule has 3 nitrogen and oxygen atoms in total. The van der Waals surface area contributed by atoms with Crippen LogP contribution in [0.15, 0.2) is 43.2 Å². The molecule has 2 aromatic heterocycles. The number of alkyl halides is 1. The number of halogens is 2. The molecule has 2 heterocycles. The maximum absolute atomic E-state index is 14.8.